The second-order valence-corrected chi connectivity index (χ2v) is 3.82. The molecule has 0 aliphatic rings. The van der Waals surface area contributed by atoms with Crippen molar-refractivity contribution in [3.05, 3.63) is 35.7 Å². The van der Waals surface area contributed by atoms with E-state index in [0.29, 0.717) is 11.0 Å². The molecule has 0 saturated carbocycles. The number of rotatable bonds is 4. The van der Waals surface area contributed by atoms with Gasteiger partial charge in [-0.2, -0.15) is 0 Å². The molecule has 0 bridgehead atoms. The number of carbonyl (C=O) groups excluding carboxylic acids is 1. The molecule has 6 heteroatoms. The van der Waals surface area contributed by atoms with Crippen LogP contribution in [0.1, 0.15) is 23.0 Å². The quantitative estimate of drug-likeness (QED) is 0.836. The molecule has 2 aromatic rings. The van der Waals surface area contributed by atoms with E-state index in [-0.39, 0.29) is 24.3 Å². The summed E-state index contributed by atoms with van der Waals surface area (Å²) in [6.45, 7) is 1.90. The summed E-state index contributed by atoms with van der Waals surface area (Å²) >= 11 is 0. The van der Waals surface area contributed by atoms with Crippen LogP contribution < -0.4 is 0 Å². The van der Waals surface area contributed by atoms with Crippen molar-refractivity contribution in [1.29, 1.82) is 0 Å². The van der Waals surface area contributed by atoms with Crippen molar-refractivity contribution in [3.8, 4) is 0 Å². The summed E-state index contributed by atoms with van der Waals surface area (Å²) in [6.07, 6.45) is 1.21. The Morgan fingerprint density at radius 2 is 2.21 bits per heavy atom. The zero-order chi connectivity index (χ0) is 13.8. The van der Waals surface area contributed by atoms with Gasteiger partial charge in [0.05, 0.1) is 24.3 Å². The van der Waals surface area contributed by atoms with Crippen molar-refractivity contribution in [2.75, 3.05) is 6.61 Å². The molecule has 2 rings (SSSR count). The van der Waals surface area contributed by atoms with Crippen LogP contribution in [0.2, 0.25) is 0 Å². The number of carboxylic acids is 1. The Morgan fingerprint density at radius 3 is 2.89 bits per heavy atom. The van der Waals surface area contributed by atoms with Crippen LogP contribution in [-0.2, 0) is 16.0 Å². The predicted molar refractivity (Wildman–Crippen MR) is 66.8 cm³/mol. The molecule has 0 fully saturated rings. The number of aliphatic carboxylic acids is 1. The van der Waals surface area contributed by atoms with E-state index >= 15 is 0 Å². The summed E-state index contributed by atoms with van der Waals surface area (Å²) < 4.78 is 4.91. The van der Waals surface area contributed by atoms with Crippen molar-refractivity contribution in [2.45, 2.75) is 13.3 Å². The number of carbonyl (C=O) groups is 2. The highest BCUT2D eigenvalue weighted by Gasteiger charge is 2.17. The average molecular weight is 260 g/mol. The van der Waals surface area contributed by atoms with E-state index in [0.717, 1.165) is 0 Å². The molecule has 2 heterocycles. The summed E-state index contributed by atoms with van der Waals surface area (Å²) in [5.74, 6) is -1.63. The average Bonchev–Trinajstić information content (AvgIpc) is 2.37. The second-order valence-electron chi connectivity index (χ2n) is 3.82. The zero-order valence-corrected chi connectivity index (χ0v) is 10.3. The second kappa shape index (κ2) is 5.43. The van der Waals surface area contributed by atoms with Gasteiger partial charge in [0.25, 0.3) is 0 Å². The zero-order valence-electron chi connectivity index (χ0n) is 10.3. The fourth-order valence-corrected chi connectivity index (χ4v) is 1.71. The number of pyridine rings is 2. The Kier molecular flexibility index (Phi) is 3.70. The lowest BCUT2D eigenvalue weighted by atomic mass is 10.1. The largest absolute Gasteiger partial charge is 0.481 e. The van der Waals surface area contributed by atoms with E-state index in [1.165, 1.54) is 0 Å². The van der Waals surface area contributed by atoms with Crippen LogP contribution in [0.4, 0.5) is 0 Å². The van der Waals surface area contributed by atoms with Gasteiger partial charge in [-0.05, 0) is 25.1 Å². The van der Waals surface area contributed by atoms with E-state index in [2.05, 4.69) is 9.97 Å². The summed E-state index contributed by atoms with van der Waals surface area (Å²) in [6, 6.07) is 5.03. The van der Waals surface area contributed by atoms with Crippen LogP contribution >= 0.6 is 0 Å². The van der Waals surface area contributed by atoms with Gasteiger partial charge in [-0.25, -0.2) is 14.8 Å². The fraction of sp³-hybridized carbons (Fsp3) is 0.231. The minimum Gasteiger partial charge on any atom is -0.481 e. The van der Waals surface area contributed by atoms with Crippen molar-refractivity contribution in [1.82, 2.24) is 9.97 Å². The Morgan fingerprint density at radius 1 is 1.42 bits per heavy atom. The molecule has 0 atom stereocenters. The van der Waals surface area contributed by atoms with Gasteiger partial charge >= 0.3 is 11.9 Å². The molecule has 0 spiro atoms. The van der Waals surface area contributed by atoms with Crippen LogP contribution in [-0.4, -0.2) is 33.6 Å². The van der Waals surface area contributed by atoms with Crippen molar-refractivity contribution >= 4 is 23.0 Å². The van der Waals surface area contributed by atoms with Crippen LogP contribution in [0.25, 0.3) is 11.0 Å². The lowest BCUT2D eigenvalue weighted by Gasteiger charge is -2.08. The van der Waals surface area contributed by atoms with E-state index in [1.807, 2.05) is 0 Å². The van der Waals surface area contributed by atoms with Crippen molar-refractivity contribution < 1.29 is 19.4 Å². The fourth-order valence-electron chi connectivity index (χ4n) is 1.71. The maximum atomic E-state index is 11.8. The third kappa shape index (κ3) is 2.85. The maximum absolute atomic E-state index is 11.8. The predicted octanol–water partition coefficient (Wildman–Crippen LogP) is 1.43. The van der Waals surface area contributed by atoms with E-state index in [9.17, 15) is 9.59 Å². The van der Waals surface area contributed by atoms with Crippen LogP contribution in [0.5, 0.6) is 0 Å². The minimum atomic E-state index is -1.06. The highest BCUT2D eigenvalue weighted by atomic mass is 16.5. The number of carboxylic acid groups (broad SMARTS) is 1. The molecule has 0 radical (unpaired) electrons. The Bertz CT molecular complexity index is 640. The molecule has 0 saturated heterocycles. The van der Waals surface area contributed by atoms with Gasteiger partial charge in [-0.15, -0.1) is 0 Å². The molecule has 6 nitrogen and oxygen atoms in total. The summed E-state index contributed by atoms with van der Waals surface area (Å²) in [4.78, 5) is 30.8. The number of nitrogens with zero attached hydrogens (tertiary/aromatic N) is 2. The monoisotopic (exact) mass is 260 g/mol. The molecule has 0 unspecified atom stereocenters. The molecular weight excluding hydrogens is 248 g/mol. The van der Waals surface area contributed by atoms with E-state index in [4.69, 9.17) is 9.84 Å². The molecular formula is C13H12N2O4. The highest BCUT2D eigenvalue weighted by Crippen LogP contribution is 2.16. The number of ether oxygens (including phenoxy) is 1. The first kappa shape index (κ1) is 12.9. The van der Waals surface area contributed by atoms with Gasteiger partial charge in [0.15, 0.2) is 5.65 Å². The van der Waals surface area contributed by atoms with Crippen molar-refractivity contribution in [2.24, 2.45) is 0 Å². The molecule has 0 aromatic carbocycles. The van der Waals surface area contributed by atoms with Crippen LogP contribution in [0.3, 0.4) is 0 Å². The SMILES string of the molecule is CCOC(=O)c1cc2cccnc2nc1CC(=O)O. The van der Waals surface area contributed by atoms with E-state index in [1.54, 1.807) is 31.3 Å². The molecule has 19 heavy (non-hydrogen) atoms. The summed E-state index contributed by atoms with van der Waals surface area (Å²) in [7, 11) is 0. The summed E-state index contributed by atoms with van der Waals surface area (Å²) in [5.41, 5.74) is 0.744. The molecule has 1 N–H and O–H groups in total. The van der Waals surface area contributed by atoms with Gasteiger partial charge in [-0.3, -0.25) is 4.79 Å². The number of esters is 1. The van der Waals surface area contributed by atoms with Gasteiger partial charge in [0, 0.05) is 11.6 Å². The van der Waals surface area contributed by atoms with Gasteiger partial charge in [0.1, 0.15) is 0 Å². The number of hydrogen-bond acceptors (Lipinski definition) is 5. The Hall–Kier alpha value is -2.50. The molecule has 0 aliphatic carbocycles. The number of aromatic nitrogens is 2. The molecule has 2 aromatic heterocycles. The van der Waals surface area contributed by atoms with Gasteiger partial charge in [-0.1, -0.05) is 0 Å². The third-order valence-electron chi connectivity index (χ3n) is 2.48. The smallest absolute Gasteiger partial charge is 0.340 e. The standard InChI is InChI=1S/C13H12N2O4/c1-2-19-13(18)9-6-8-4-3-5-14-12(8)15-10(9)7-11(16)17/h3-6H,2,7H2,1H3,(H,16,17). The molecule has 0 aliphatic heterocycles. The lowest BCUT2D eigenvalue weighted by molar-refractivity contribution is -0.136. The third-order valence-corrected chi connectivity index (χ3v) is 2.48. The normalized spacial score (nSPS) is 10.4. The molecule has 0 amide bonds. The summed E-state index contributed by atoms with van der Waals surface area (Å²) in [5, 5.41) is 9.53. The van der Waals surface area contributed by atoms with Crippen molar-refractivity contribution in [3.63, 3.8) is 0 Å². The maximum Gasteiger partial charge on any atom is 0.340 e. The first-order chi connectivity index (χ1) is 9.11. The Balaban J connectivity index is 2.56. The number of fused-ring (bicyclic) bond motifs is 1. The van der Waals surface area contributed by atoms with Crippen LogP contribution in [0, 0.1) is 0 Å². The Labute approximate surface area is 109 Å². The molecule has 98 valence electrons. The van der Waals surface area contributed by atoms with Gasteiger partial charge in [0.2, 0.25) is 0 Å². The van der Waals surface area contributed by atoms with Crippen LogP contribution in [0.15, 0.2) is 24.4 Å². The minimum absolute atomic E-state index is 0.164. The number of hydrogen-bond donors (Lipinski definition) is 1. The highest BCUT2D eigenvalue weighted by molar-refractivity contribution is 5.95. The van der Waals surface area contributed by atoms with Gasteiger partial charge < -0.3 is 9.84 Å². The van der Waals surface area contributed by atoms with E-state index < -0.39 is 11.9 Å². The topological polar surface area (TPSA) is 89.4 Å². The first-order valence-electron chi connectivity index (χ1n) is 5.75. The first-order valence-corrected chi connectivity index (χ1v) is 5.75. The lowest BCUT2D eigenvalue weighted by Crippen LogP contribution is -2.13.